The smallest absolute Gasteiger partial charge is 0.410 e. The molecule has 104 valence electrons. The summed E-state index contributed by atoms with van der Waals surface area (Å²) in [6.45, 7) is 6.61. The molecule has 0 saturated carbocycles. The van der Waals surface area contributed by atoms with Gasteiger partial charge in [0.1, 0.15) is 5.60 Å². The summed E-state index contributed by atoms with van der Waals surface area (Å²) < 4.78 is 5.36. The normalized spacial score (nSPS) is 23.5. The minimum absolute atomic E-state index is 0.309. The van der Waals surface area contributed by atoms with Gasteiger partial charge in [0, 0.05) is 19.3 Å². The van der Waals surface area contributed by atoms with Crippen LogP contribution in [0.15, 0.2) is 24.4 Å². The van der Waals surface area contributed by atoms with Crippen LogP contribution in [0.5, 0.6) is 0 Å². The number of aromatic nitrogens is 1. The lowest BCUT2D eigenvalue weighted by Crippen LogP contribution is -2.43. The zero-order chi connectivity index (χ0) is 14.1. The molecule has 1 fully saturated rings. The van der Waals surface area contributed by atoms with Crippen LogP contribution < -0.4 is 5.73 Å². The van der Waals surface area contributed by atoms with Gasteiger partial charge in [0.25, 0.3) is 0 Å². The van der Waals surface area contributed by atoms with Crippen molar-refractivity contribution in [2.45, 2.75) is 38.3 Å². The van der Waals surface area contributed by atoms with Gasteiger partial charge in [-0.05, 0) is 39.3 Å². The van der Waals surface area contributed by atoms with E-state index in [2.05, 4.69) is 4.98 Å². The molecule has 1 saturated heterocycles. The molecule has 2 heterocycles. The summed E-state index contributed by atoms with van der Waals surface area (Å²) in [6.07, 6.45) is 2.11. The van der Waals surface area contributed by atoms with Crippen LogP contribution >= 0.6 is 0 Å². The van der Waals surface area contributed by atoms with Gasteiger partial charge in [-0.2, -0.15) is 0 Å². The molecule has 19 heavy (non-hydrogen) atoms. The number of hydrogen-bond donors (Lipinski definition) is 1. The zero-order valence-electron chi connectivity index (χ0n) is 11.7. The van der Waals surface area contributed by atoms with Gasteiger partial charge in [0.05, 0.1) is 11.2 Å². The largest absolute Gasteiger partial charge is 0.444 e. The van der Waals surface area contributed by atoms with E-state index < -0.39 is 11.1 Å². The molecule has 0 spiro atoms. The molecule has 0 aliphatic carbocycles. The highest BCUT2D eigenvalue weighted by atomic mass is 16.6. The van der Waals surface area contributed by atoms with E-state index in [1.807, 2.05) is 39.0 Å². The van der Waals surface area contributed by atoms with Crippen LogP contribution in [0.1, 0.15) is 32.9 Å². The standard InChI is InChI=1S/C14H21N3O2/c1-13(2,3)19-12(18)17-9-7-14(15,10-17)11-6-4-5-8-16-11/h4-6,8H,7,9-10,15H2,1-3H3. The Morgan fingerprint density at radius 1 is 1.47 bits per heavy atom. The molecule has 1 amide bonds. The summed E-state index contributed by atoms with van der Waals surface area (Å²) in [7, 11) is 0. The summed E-state index contributed by atoms with van der Waals surface area (Å²) in [4.78, 5) is 18.0. The van der Waals surface area contributed by atoms with Gasteiger partial charge in [-0.25, -0.2) is 4.79 Å². The number of rotatable bonds is 1. The van der Waals surface area contributed by atoms with E-state index in [4.69, 9.17) is 10.5 Å². The van der Waals surface area contributed by atoms with E-state index >= 15 is 0 Å². The highest BCUT2D eigenvalue weighted by Crippen LogP contribution is 2.28. The molecule has 2 N–H and O–H groups in total. The molecule has 0 radical (unpaired) electrons. The monoisotopic (exact) mass is 263 g/mol. The van der Waals surface area contributed by atoms with Crippen molar-refractivity contribution in [1.82, 2.24) is 9.88 Å². The van der Waals surface area contributed by atoms with Crippen LogP contribution in [0, 0.1) is 0 Å². The van der Waals surface area contributed by atoms with Crippen molar-refractivity contribution < 1.29 is 9.53 Å². The topological polar surface area (TPSA) is 68.5 Å². The van der Waals surface area contributed by atoms with E-state index in [0.29, 0.717) is 19.5 Å². The number of pyridine rings is 1. The molecule has 1 aliphatic rings. The van der Waals surface area contributed by atoms with Crippen molar-refractivity contribution in [2.75, 3.05) is 13.1 Å². The number of carbonyl (C=O) groups excluding carboxylic acids is 1. The fourth-order valence-electron chi connectivity index (χ4n) is 2.18. The van der Waals surface area contributed by atoms with Crippen molar-refractivity contribution in [2.24, 2.45) is 5.73 Å². The average Bonchev–Trinajstić information content (AvgIpc) is 2.73. The molecule has 5 nitrogen and oxygen atoms in total. The molecular formula is C14H21N3O2. The maximum atomic E-state index is 12.0. The lowest BCUT2D eigenvalue weighted by atomic mass is 9.95. The quantitative estimate of drug-likeness (QED) is 0.840. The highest BCUT2D eigenvalue weighted by Gasteiger charge is 2.40. The lowest BCUT2D eigenvalue weighted by Gasteiger charge is -2.26. The average molecular weight is 263 g/mol. The van der Waals surface area contributed by atoms with Crippen molar-refractivity contribution in [3.05, 3.63) is 30.1 Å². The summed E-state index contributed by atoms with van der Waals surface area (Å²) in [5, 5.41) is 0. The molecule has 1 aliphatic heterocycles. The van der Waals surface area contributed by atoms with Gasteiger partial charge in [-0.3, -0.25) is 4.98 Å². The Balaban J connectivity index is 2.06. The lowest BCUT2D eigenvalue weighted by molar-refractivity contribution is 0.0284. The molecule has 1 aromatic heterocycles. The van der Waals surface area contributed by atoms with Crippen molar-refractivity contribution >= 4 is 6.09 Å². The number of likely N-dealkylation sites (tertiary alicyclic amines) is 1. The van der Waals surface area contributed by atoms with Crippen LogP contribution in [0.25, 0.3) is 0 Å². The first-order valence-corrected chi connectivity index (χ1v) is 6.48. The Labute approximate surface area is 113 Å². The van der Waals surface area contributed by atoms with Gasteiger partial charge >= 0.3 is 6.09 Å². The first-order chi connectivity index (χ1) is 8.80. The van der Waals surface area contributed by atoms with Crippen LogP contribution in [-0.4, -0.2) is 34.7 Å². The predicted molar refractivity (Wildman–Crippen MR) is 72.5 cm³/mol. The van der Waals surface area contributed by atoms with E-state index in [1.54, 1.807) is 11.1 Å². The van der Waals surface area contributed by atoms with Crippen molar-refractivity contribution in [3.8, 4) is 0 Å². The molecule has 0 bridgehead atoms. The zero-order valence-corrected chi connectivity index (χ0v) is 11.7. The second-order valence-corrected chi connectivity index (χ2v) is 6.02. The van der Waals surface area contributed by atoms with E-state index in [0.717, 1.165) is 5.69 Å². The highest BCUT2D eigenvalue weighted by molar-refractivity contribution is 5.68. The van der Waals surface area contributed by atoms with Gasteiger partial charge in [0.15, 0.2) is 0 Å². The fourth-order valence-corrected chi connectivity index (χ4v) is 2.18. The summed E-state index contributed by atoms with van der Waals surface area (Å²) in [5.41, 5.74) is 6.13. The summed E-state index contributed by atoms with van der Waals surface area (Å²) >= 11 is 0. The Kier molecular flexibility index (Phi) is 3.49. The van der Waals surface area contributed by atoms with Gasteiger partial charge < -0.3 is 15.4 Å². The molecular weight excluding hydrogens is 242 g/mol. The second-order valence-electron chi connectivity index (χ2n) is 6.02. The summed E-state index contributed by atoms with van der Waals surface area (Å²) in [6, 6.07) is 5.67. The number of nitrogens with two attached hydrogens (primary N) is 1. The molecule has 5 heteroatoms. The van der Waals surface area contributed by atoms with E-state index in [9.17, 15) is 4.79 Å². The number of amides is 1. The fraction of sp³-hybridized carbons (Fsp3) is 0.571. The molecule has 1 atom stereocenters. The molecule has 1 aromatic rings. The number of hydrogen-bond acceptors (Lipinski definition) is 4. The van der Waals surface area contributed by atoms with Crippen molar-refractivity contribution in [3.63, 3.8) is 0 Å². The number of ether oxygens (including phenoxy) is 1. The van der Waals surface area contributed by atoms with E-state index in [-0.39, 0.29) is 6.09 Å². The number of nitrogens with zero attached hydrogens (tertiary/aromatic N) is 2. The van der Waals surface area contributed by atoms with Gasteiger partial charge in [-0.15, -0.1) is 0 Å². The van der Waals surface area contributed by atoms with Crippen LogP contribution in [0.4, 0.5) is 4.79 Å². The van der Waals surface area contributed by atoms with Crippen LogP contribution in [0.2, 0.25) is 0 Å². The third-order valence-electron chi connectivity index (χ3n) is 3.13. The van der Waals surface area contributed by atoms with Gasteiger partial charge in [0.2, 0.25) is 0 Å². The minimum Gasteiger partial charge on any atom is -0.444 e. The predicted octanol–water partition coefficient (Wildman–Crippen LogP) is 1.88. The second kappa shape index (κ2) is 4.81. The molecule has 2 rings (SSSR count). The molecule has 1 unspecified atom stereocenters. The Morgan fingerprint density at radius 2 is 2.21 bits per heavy atom. The summed E-state index contributed by atoms with van der Waals surface area (Å²) in [5.74, 6) is 0. The third-order valence-corrected chi connectivity index (χ3v) is 3.13. The van der Waals surface area contributed by atoms with Crippen LogP contribution in [-0.2, 0) is 10.3 Å². The van der Waals surface area contributed by atoms with Crippen molar-refractivity contribution in [1.29, 1.82) is 0 Å². The van der Waals surface area contributed by atoms with Crippen LogP contribution in [0.3, 0.4) is 0 Å². The maximum Gasteiger partial charge on any atom is 0.410 e. The molecule has 0 aromatic carbocycles. The third kappa shape index (κ3) is 3.23. The Bertz CT molecular complexity index is 456. The van der Waals surface area contributed by atoms with Gasteiger partial charge in [-0.1, -0.05) is 6.07 Å². The number of carbonyl (C=O) groups is 1. The minimum atomic E-state index is -0.571. The SMILES string of the molecule is CC(C)(C)OC(=O)N1CCC(N)(c2ccccn2)C1. The Morgan fingerprint density at radius 3 is 2.79 bits per heavy atom. The first kappa shape index (κ1) is 13.8. The first-order valence-electron chi connectivity index (χ1n) is 6.48. The van der Waals surface area contributed by atoms with E-state index in [1.165, 1.54) is 0 Å². The Hall–Kier alpha value is -1.62. The maximum absolute atomic E-state index is 12.0.